The first-order valence-electron chi connectivity index (χ1n) is 7.33. The number of amides is 1. The number of rotatable bonds is 4. The maximum absolute atomic E-state index is 12.0. The van der Waals surface area contributed by atoms with Gasteiger partial charge in [0.25, 0.3) is 0 Å². The molecule has 1 saturated heterocycles. The van der Waals surface area contributed by atoms with Gasteiger partial charge in [0.2, 0.25) is 5.91 Å². The van der Waals surface area contributed by atoms with E-state index in [1.807, 2.05) is 36.1 Å². The maximum Gasteiger partial charge on any atom is 0.236 e. The van der Waals surface area contributed by atoms with Gasteiger partial charge in [0.05, 0.1) is 12.6 Å². The molecule has 4 nitrogen and oxygen atoms in total. The Morgan fingerprint density at radius 3 is 2.90 bits per heavy atom. The number of halogens is 1. The largest absolute Gasteiger partial charge is 0.459 e. The molecular weight excluding hydrogens is 332 g/mol. The zero-order valence-corrected chi connectivity index (χ0v) is 13.6. The minimum Gasteiger partial charge on any atom is -0.459 e. The molecule has 112 valence electrons. The van der Waals surface area contributed by atoms with Gasteiger partial charge in [0.15, 0.2) is 0 Å². The molecule has 1 unspecified atom stereocenters. The SMILES string of the molecule is CC(NCC(=O)N1CCCC1)c1cc2cc(Br)ccc2o1. The minimum absolute atomic E-state index is 0.0164. The van der Waals surface area contributed by atoms with Crippen molar-refractivity contribution in [3.63, 3.8) is 0 Å². The smallest absolute Gasteiger partial charge is 0.236 e. The standard InChI is InChI=1S/C16H19BrN2O2/c1-11(18-10-16(20)19-6-2-3-7-19)15-9-12-8-13(17)4-5-14(12)21-15/h4-5,8-9,11,18H,2-3,6-7,10H2,1H3. The Labute approximate surface area is 132 Å². The fourth-order valence-electron chi connectivity index (χ4n) is 2.67. The van der Waals surface area contributed by atoms with Crippen LogP contribution in [0, 0.1) is 0 Å². The molecule has 2 heterocycles. The molecule has 0 bridgehead atoms. The molecule has 0 aliphatic carbocycles. The average Bonchev–Trinajstić information content (AvgIpc) is 3.12. The van der Waals surface area contributed by atoms with Crippen LogP contribution in [0.5, 0.6) is 0 Å². The Morgan fingerprint density at radius 2 is 2.14 bits per heavy atom. The van der Waals surface area contributed by atoms with E-state index in [9.17, 15) is 4.79 Å². The predicted octanol–water partition coefficient (Wildman–Crippen LogP) is 3.47. The first kappa shape index (κ1) is 14.6. The Balaban J connectivity index is 1.63. The second kappa shape index (κ2) is 6.20. The van der Waals surface area contributed by atoms with E-state index in [4.69, 9.17) is 4.42 Å². The number of nitrogens with zero attached hydrogens (tertiary/aromatic N) is 1. The third-order valence-electron chi connectivity index (χ3n) is 3.94. The molecule has 1 aliphatic heterocycles. The minimum atomic E-state index is 0.0164. The second-order valence-corrected chi connectivity index (χ2v) is 6.44. The van der Waals surface area contributed by atoms with E-state index in [0.717, 1.165) is 47.1 Å². The fraction of sp³-hybridized carbons (Fsp3) is 0.438. The molecule has 1 aromatic carbocycles. The number of fused-ring (bicyclic) bond motifs is 1. The summed E-state index contributed by atoms with van der Waals surface area (Å²) in [6.45, 7) is 4.17. The number of hydrogen-bond acceptors (Lipinski definition) is 3. The van der Waals surface area contributed by atoms with Crippen LogP contribution in [0.4, 0.5) is 0 Å². The van der Waals surface area contributed by atoms with E-state index >= 15 is 0 Å². The quantitative estimate of drug-likeness (QED) is 0.918. The highest BCUT2D eigenvalue weighted by Crippen LogP contribution is 2.26. The molecule has 1 aromatic heterocycles. The van der Waals surface area contributed by atoms with Crippen molar-refractivity contribution in [2.75, 3.05) is 19.6 Å². The molecule has 1 aliphatic rings. The summed E-state index contributed by atoms with van der Waals surface area (Å²) in [5, 5.41) is 4.32. The van der Waals surface area contributed by atoms with Gasteiger partial charge in [-0.3, -0.25) is 10.1 Å². The number of carbonyl (C=O) groups excluding carboxylic acids is 1. The third kappa shape index (κ3) is 3.30. The first-order chi connectivity index (χ1) is 10.1. The summed E-state index contributed by atoms with van der Waals surface area (Å²) >= 11 is 3.46. The second-order valence-electron chi connectivity index (χ2n) is 5.52. The highest BCUT2D eigenvalue weighted by molar-refractivity contribution is 9.10. The van der Waals surface area contributed by atoms with Crippen molar-refractivity contribution in [1.82, 2.24) is 10.2 Å². The lowest BCUT2D eigenvalue weighted by Crippen LogP contribution is -2.37. The van der Waals surface area contributed by atoms with Crippen LogP contribution in [-0.2, 0) is 4.79 Å². The molecule has 2 aromatic rings. The average molecular weight is 351 g/mol. The summed E-state index contributed by atoms with van der Waals surface area (Å²) < 4.78 is 6.87. The summed E-state index contributed by atoms with van der Waals surface area (Å²) in [7, 11) is 0. The Bertz CT molecular complexity index is 647. The van der Waals surface area contributed by atoms with Crippen LogP contribution >= 0.6 is 15.9 Å². The number of likely N-dealkylation sites (tertiary alicyclic amines) is 1. The van der Waals surface area contributed by atoms with Gasteiger partial charge in [0, 0.05) is 22.9 Å². The molecule has 1 N–H and O–H groups in total. The van der Waals surface area contributed by atoms with E-state index in [2.05, 4.69) is 21.2 Å². The van der Waals surface area contributed by atoms with Crippen LogP contribution in [0.3, 0.4) is 0 Å². The Morgan fingerprint density at radius 1 is 1.38 bits per heavy atom. The molecule has 0 spiro atoms. The van der Waals surface area contributed by atoms with Gasteiger partial charge in [-0.1, -0.05) is 15.9 Å². The molecule has 21 heavy (non-hydrogen) atoms. The van der Waals surface area contributed by atoms with E-state index < -0.39 is 0 Å². The maximum atomic E-state index is 12.0. The third-order valence-corrected chi connectivity index (χ3v) is 4.44. The van der Waals surface area contributed by atoms with Crippen LogP contribution in [0.2, 0.25) is 0 Å². The molecule has 3 rings (SSSR count). The summed E-state index contributed by atoms with van der Waals surface area (Å²) in [5.41, 5.74) is 0.868. The molecule has 1 fully saturated rings. The lowest BCUT2D eigenvalue weighted by molar-refractivity contribution is -0.129. The predicted molar refractivity (Wildman–Crippen MR) is 86.1 cm³/mol. The molecular formula is C16H19BrN2O2. The highest BCUT2D eigenvalue weighted by Gasteiger charge is 2.19. The van der Waals surface area contributed by atoms with E-state index in [0.29, 0.717) is 6.54 Å². The van der Waals surface area contributed by atoms with Crippen molar-refractivity contribution in [1.29, 1.82) is 0 Å². The molecule has 0 radical (unpaired) electrons. The summed E-state index contributed by atoms with van der Waals surface area (Å²) in [4.78, 5) is 14.0. The topological polar surface area (TPSA) is 45.5 Å². The molecule has 1 atom stereocenters. The molecule has 0 saturated carbocycles. The van der Waals surface area contributed by atoms with Gasteiger partial charge < -0.3 is 9.32 Å². The van der Waals surface area contributed by atoms with Crippen molar-refractivity contribution in [2.45, 2.75) is 25.8 Å². The van der Waals surface area contributed by atoms with Crippen molar-refractivity contribution in [2.24, 2.45) is 0 Å². The number of hydrogen-bond donors (Lipinski definition) is 1. The zero-order valence-electron chi connectivity index (χ0n) is 12.1. The van der Waals surface area contributed by atoms with Crippen LogP contribution in [0.15, 0.2) is 33.2 Å². The lowest BCUT2D eigenvalue weighted by atomic mass is 10.2. The number of carbonyl (C=O) groups is 1. The lowest BCUT2D eigenvalue weighted by Gasteiger charge is -2.17. The first-order valence-corrected chi connectivity index (χ1v) is 8.13. The van der Waals surface area contributed by atoms with Gasteiger partial charge in [0.1, 0.15) is 11.3 Å². The van der Waals surface area contributed by atoms with E-state index in [1.165, 1.54) is 0 Å². The van der Waals surface area contributed by atoms with Crippen molar-refractivity contribution < 1.29 is 9.21 Å². The van der Waals surface area contributed by atoms with Gasteiger partial charge in [-0.05, 0) is 44.0 Å². The monoisotopic (exact) mass is 350 g/mol. The number of furan rings is 1. The van der Waals surface area contributed by atoms with E-state index in [1.54, 1.807) is 0 Å². The normalized spacial score (nSPS) is 16.6. The summed E-state index contributed by atoms with van der Waals surface area (Å²) in [5.74, 6) is 1.04. The van der Waals surface area contributed by atoms with Crippen LogP contribution in [0.25, 0.3) is 11.0 Å². The van der Waals surface area contributed by atoms with Crippen molar-refractivity contribution in [3.8, 4) is 0 Å². The molecule has 1 amide bonds. The van der Waals surface area contributed by atoms with Crippen molar-refractivity contribution >= 4 is 32.8 Å². The van der Waals surface area contributed by atoms with Gasteiger partial charge in [-0.25, -0.2) is 0 Å². The van der Waals surface area contributed by atoms with Gasteiger partial charge in [-0.15, -0.1) is 0 Å². The Kier molecular flexibility index (Phi) is 4.31. The zero-order chi connectivity index (χ0) is 14.8. The highest BCUT2D eigenvalue weighted by atomic mass is 79.9. The molecule has 5 heteroatoms. The number of nitrogens with one attached hydrogen (secondary N) is 1. The van der Waals surface area contributed by atoms with Crippen LogP contribution < -0.4 is 5.32 Å². The summed E-state index contributed by atoms with van der Waals surface area (Å²) in [6, 6.07) is 7.99. The van der Waals surface area contributed by atoms with Gasteiger partial charge >= 0.3 is 0 Å². The van der Waals surface area contributed by atoms with Gasteiger partial charge in [-0.2, -0.15) is 0 Å². The van der Waals surface area contributed by atoms with Crippen LogP contribution in [-0.4, -0.2) is 30.4 Å². The fourth-order valence-corrected chi connectivity index (χ4v) is 3.05. The van der Waals surface area contributed by atoms with Crippen LogP contribution in [0.1, 0.15) is 31.6 Å². The summed E-state index contributed by atoms with van der Waals surface area (Å²) in [6.07, 6.45) is 2.25. The number of benzene rings is 1. The van der Waals surface area contributed by atoms with Crippen molar-refractivity contribution in [3.05, 3.63) is 34.5 Å². The van der Waals surface area contributed by atoms with E-state index in [-0.39, 0.29) is 11.9 Å². The Hall–Kier alpha value is -1.33.